The molecule has 0 saturated heterocycles. The van der Waals surface area contributed by atoms with Crippen LogP contribution in [0.3, 0.4) is 0 Å². The Bertz CT molecular complexity index is 417. The third-order valence-electron chi connectivity index (χ3n) is 2.80. The van der Waals surface area contributed by atoms with E-state index in [0.29, 0.717) is 0 Å². The normalized spacial score (nSPS) is 12.6. The topological polar surface area (TPSA) is 25.2 Å². The number of rotatable bonds is 4. The average molecular weight is 215 g/mol. The molecular weight excluding hydrogens is 198 g/mol. The summed E-state index contributed by atoms with van der Waals surface area (Å²) in [4.78, 5) is 0. The van der Waals surface area contributed by atoms with Gasteiger partial charge in [-0.3, -0.25) is 0 Å². The minimum atomic E-state index is 0.248. The number of hydrogen-bond donors (Lipinski definition) is 1. The van der Waals surface area contributed by atoms with E-state index in [0.717, 1.165) is 12.2 Å². The second kappa shape index (κ2) is 4.99. The Morgan fingerprint density at radius 2 is 1.94 bits per heavy atom. The molecule has 1 atom stereocenters. The van der Waals surface area contributed by atoms with E-state index in [4.69, 9.17) is 4.42 Å². The number of hydrogen-bond acceptors (Lipinski definition) is 2. The number of aryl methyl sites for hydroxylation is 1. The van der Waals surface area contributed by atoms with Gasteiger partial charge in [0.2, 0.25) is 0 Å². The Morgan fingerprint density at radius 3 is 2.50 bits per heavy atom. The summed E-state index contributed by atoms with van der Waals surface area (Å²) in [5.74, 6) is 0.989. The van der Waals surface area contributed by atoms with E-state index < -0.39 is 0 Å². The van der Waals surface area contributed by atoms with Crippen molar-refractivity contribution in [2.75, 3.05) is 7.05 Å². The van der Waals surface area contributed by atoms with Crippen LogP contribution in [0.5, 0.6) is 0 Å². The fourth-order valence-electron chi connectivity index (χ4n) is 1.79. The lowest BCUT2D eigenvalue weighted by molar-refractivity contribution is 0.429. The molecule has 84 valence electrons. The van der Waals surface area contributed by atoms with Gasteiger partial charge in [-0.2, -0.15) is 0 Å². The molecule has 1 N–H and O–H groups in total. The molecule has 1 aromatic heterocycles. The molecule has 0 fully saturated rings. The van der Waals surface area contributed by atoms with Crippen LogP contribution in [0.15, 0.2) is 47.1 Å². The van der Waals surface area contributed by atoms with Gasteiger partial charge in [0, 0.05) is 0 Å². The molecule has 0 aliphatic carbocycles. The predicted molar refractivity (Wildman–Crippen MR) is 65.4 cm³/mol. The predicted octanol–water partition coefficient (Wildman–Crippen LogP) is 3.09. The molecule has 1 heterocycles. The first kappa shape index (κ1) is 11.0. The molecule has 0 unspecified atom stereocenters. The minimum absolute atomic E-state index is 0.248. The van der Waals surface area contributed by atoms with Gasteiger partial charge in [0.05, 0.1) is 12.3 Å². The molecule has 2 aromatic rings. The first-order valence-corrected chi connectivity index (χ1v) is 5.56. The first-order valence-electron chi connectivity index (χ1n) is 5.56. The summed E-state index contributed by atoms with van der Waals surface area (Å²) in [6.07, 6.45) is 2.67. The van der Waals surface area contributed by atoms with Crippen LogP contribution in [0.4, 0.5) is 0 Å². The average Bonchev–Trinajstić information content (AvgIpc) is 2.82. The Labute approximate surface area is 96.3 Å². The van der Waals surface area contributed by atoms with Crippen molar-refractivity contribution in [2.45, 2.75) is 19.4 Å². The van der Waals surface area contributed by atoms with Gasteiger partial charge in [-0.1, -0.05) is 29.8 Å². The van der Waals surface area contributed by atoms with Crippen LogP contribution in [-0.2, 0) is 6.42 Å². The maximum Gasteiger partial charge on any atom is 0.121 e. The Kier molecular flexibility index (Phi) is 3.42. The number of nitrogens with one attached hydrogen (secondary N) is 1. The van der Waals surface area contributed by atoms with Crippen LogP contribution in [0.2, 0.25) is 0 Å². The summed E-state index contributed by atoms with van der Waals surface area (Å²) in [6.45, 7) is 2.10. The summed E-state index contributed by atoms with van der Waals surface area (Å²) in [5.41, 5.74) is 2.61. The molecule has 0 radical (unpaired) electrons. The van der Waals surface area contributed by atoms with Crippen LogP contribution in [0.25, 0.3) is 0 Å². The van der Waals surface area contributed by atoms with Crippen molar-refractivity contribution in [3.63, 3.8) is 0 Å². The molecular formula is C14H17NO. The smallest absolute Gasteiger partial charge is 0.121 e. The van der Waals surface area contributed by atoms with E-state index in [2.05, 4.69) is 36.5 Å². The molecule has 2 rings (SSSR count). The van der Waals surface area contributed by atoms with E-state index in [1.165, 1.54) is 11.1 Å². The quantitative estimate of drug-likeness (QED) is 0.847. The van der Waals surface area contributed by atoms with Crippen molar-refractivity contribution in [3.05, 3.63) is 59.5 Å². The fourth-order valence-corrected chi connectivity index (χ4v) is 1.79. The van der Waals surface area contributed by atoms with Crippen LogP contribution >= 0.6 is 0 Å². The molecule has 2 heteroatoms. The van der Waals surface area contributed by atoms with Gasteiger partial charge in [-0.15, -0.1) is 0 Å². The lowest BCUT2D eigenvalue weighted by Gasteiger charge is -2.13. The number of benzene rings is 1. The molecule has 0 saturated carbocycles. The molecule has 2 nitrogen and oxygen atoms in total. The van der Waals surface area contributed by atoms with Gasteiger partial charge in [0.15, 0.2) is 0 Å². The minimum Gasteiger partial charge on any atom is -0.468 e. The Hall–Kier alpha value is -1.54. The maximum absolute atomic E-state index is 5.42. The number of furan rings is 1. The van der Waals surface area contributed by atoms with Gasteiger partial charge in [-0.25, -0.2) is 0 Å². The van der Waals surface area contributed by atoms with Crippen LogP contribution in [0, 0.1) is 6.92 Å². The highest BCUT2D eigenvalue weighted by Crippen LogP contribution is 2.18. The molecule has 0 amide bonds. The van der Waals surface area contributed by atoms with E-state index in [9.17, 15) is 0 Å². The second-order valence-corrected chi connectivity index (χ2v) is 4.05. The van der Waals surface area contributed by atoms with Crippen LogP contribution < -0.4 is 5.32 Å². The maximum atomic E-state index is 5.42. The molecule has 0 aliphatic heterocycles. The fraction of sp³-hybridized carbons (Fsp3) is 0.286. The highest BCUT2D eigenvalue weighted by molar-refractivity contribution is 5.23. The van der Waals surface area contributed by atoms with Gasteiger partial charge in [-0.05, 0) is 38.1 Å². The molecule has 1 aromatic carbocycles. The third kappa shape index (κ3) is 2.52. The van der Waals surface area contributed by atoms with Gasteiger partial charge < -0.3 is 9.73 Å². The van der Waals surface area contributed by atoms with Crippen molar-refractivity contribution in [2.24, 2.45) is 0 Å². The lowest BCUT2D eigenvalue weighted by atomic mass is 10.0. The molecule has 0 aliphatic rings. The standard InChI is InChI=1S/C14H17NO/c1-11-5-7-12(8-6-11)10-13(15-2)14-4-3-9-16-14/h3-9,13,15H,10H2,1-2H3/t13-/m1/s1. The first-order chi connectivity index (χ1) is 7.79. The Morgan fingerprint density at radius 1 is 1.19 bits per heavy atom. The zero-order valence-corrected chi connectivity index (χ0v) is 9.73. The van der Waals surface area contributed by atoms with Crippen molar-refractivity contribution >= 4 is 0 Å². The van der Waals surface area contributed by atoms with Gasteiger partial charge in [0.1, 0.15) is 5.76 Å². The van der Waals surface area contributed by atoms with Crippen molar-refractivity contribution in [3.8, 4) is 0 Å². The number of likely N-dealkylation sites (N-methyl/N-ethyl adjacent to an activating group) is 1. The SMILES string of the molecule is CN[C@H](Cc1ccc(C)cc1)c1ccco1. The molecule has 0 spiro atoms. The second-order valence-electron chi connectivity index (χ2n) is 4.05. The van der Waals surface area contributed by atoms with Crippen molar-refractivity contribution in [1.29, 1.82) is 0 Å². The Balaban J connectivity index is 2.10. The summed E-state index contributed by atoms with van der Waals surface area (Å²) >= 11 is 0. The van der Waals surface area contributed by atoms with Gasteiger partial charge >= 0.3 is 0 Å². The summed E-state index contributed by atoms with van der Waals surface area (Å²) in [6, 6.07) is 12.8. The third-order valence-corrected chi connectivity index (χ3v) is 2.80. The largest absolute Gasteiger partial charge is 0.468 e. The van der Waals surface area contributed by atoms with E-state index in [1.54, 1.807) is 6.26 Å². The molecule has 0 bridgehead atoms. The van der Waals surface area contributed by atoms with Crippen LogP contribution in [0.1, 0.15) is 22.9 Å². The zero-order chi connectivity index (χ0) is 11.4. The van der Waals surface area contributed by atoms with E-state index in [1.807, 2.05) is 19.2 Å². The summed E-state index contributed by atoms with van der Waals surface area (Å²) in [7, 11) is 1.96. The van der Waals surface area contributed by atoms with Crippen molar-refractivity contribution in [1.82, 2.24) is 5.32 Å². The van der Waals surface area contributed by atoms with Gasteiger partial charge in [0.25, 0.3) is 0 Å². The highest BCUT2D eigenvalue weighted by atomic mass is 16.3. The highest BCUT2D eigenvalue weighted by Gasteiger charge is 2.12. The van der Waals surface area contributed by atoms with Crippen LogP contribution in [-0.4, -0.2) is 7.05 Å². The molecule has 16 heavy (non-hydrogen) atoms. The summed E-state index contributed by atoms with van der Waals surface area (Å²) < 4.78 is 5.42. The summed E-state index contributed by atoms with van der Waals surface area (Å²) in [5, 5.41) is 3.27. The zero-order valence-electron chi connectivity index (χ0n) is 9.73. The lowest BCUT2D eigenvalue weighted by Crippen LogP contribution is -2.18. The monoisotopic (exact) mass is 215 g/mol. The van der Waals surface area contributed by atoms with E-state index in [-0.39, 0.29) is 6.04 Å². The van der Waals surface area contributed by atoms with E-state index >= 15 is 0 Å². The van der Waals surface area contributed by atoms with Crippen molar-refractivity contribution < 1.29 is 4.42 Å².